The van der Waals surface area contributed by atoms with Crippen LogP contribution in [-0.2, 0) is 13.0 Å². The van der Waals surface area contributed by atoms with Gasteiger partial charge in [-0.1, -0.05) is 25.6 Å². The van der Waals surface area contributed by atoms with Gasteiger partial charge in [0, 0.05) is 31.9 Å². The van der Waals surface area contributed by atoms with Gasteiger partial charge in [0.15, 0.2) is 5.16 Å². The van der Waals surface area contributed by atoms with Gasteiger partial charge >= 0.3 is 0 Å². The third-order valence-corrected chi connectivity index (χ3v) is 3.98. The van der Waals surface area contributed by atoms with E-state index in [9.17, 15) is 4.79 Å². The number of nitrogens with zero attached hydrogens (tertiary/aromatic N) is 4. The molecule has 23 heavy (non-hydrogen) atoms. The molecule has 7 heteroatoms. The molecule has 0 radical (unpaired) electrons. The molecule has 0 aliphatic carbocycles. The second kappa shape index (κ2) is 8.67. The van der Waals surface area contributed by atoms with E-state index in [4.69, 9.17) is 0 Å². The lowest BCUT2D eigenvalue weighted by atomic mass is 10.2. The van der Waals surface area contributed by atoms with E-state index in [1.807, 2.05) is 6.26 Å². The highest BCUT2D eigenvalue weighted by Gasteiger charge is 2.12. The van der Waals surface area contributed by atoms with Crippen LogP contribution in [0.5, 0.6) is 0 Å². The Morgan fingerprint density at radius 2 is 2.22 bits per heavy atom. The summed E-state index contributed by atoms with van der Waals surface area (Å²) in [6.07, 6.45) is 6.87. The quantitative estimate of drug-likeness (QED) is 0.593. The van der Waals surface area contributed by atoms with Crippen LogP contribution in [0.3, 0.4) is 0 Å². The molecule has 0 aromatic carbocycles. The maximum atomic E-state index is 11.9. The molecule has 6 nitrogen and oxygen atoms in total. The number of aryl methyl sites for hydroxylation is 1. The second-order valence-electron chi connectivity index (χ2n) is 5.71. The normalized spacial score (nSPS) is 11.0. The van der Waals surface area contributed by atoms with E-state index in [2.05, 4.69) is 38.9 Å². The lowest BCUT2D eigenvalue weighted by Crippen LogP contribution is -2.25. The Kier molecular flexibility index (Phi) is 6.58. The Labute approximate surface area is 141 Å². The number of amides is 1. The zero-order valence-corrected chi connectivity index (χ0v) is 14.6. The van der Waals surface area contributed by atoms with Crippen molar-refractivity contribution in [2.24, 2.45) is 5.92 Å². The first-order chi connectivity index (χ1) is 11.1. The van der Waals surface area contributed by atoms with Gasteiger partial charge in [0.1, 0.15) is 5.82 Å². The zero-order chi connectivity index (χ0) is 16.7. The summed E-state index contributed by atoms with van der Waals surface area (Å²) in [4.78, 5) is 15.9. The number of carbonyl (C=O) groups is 1. The number of pyridine rings is 1. The van der Waals surface area contributed by atoms with E-state index in [0.717, 1.165) is 30.4 Å². The summed E-state index contributed by atoms with van der Waals surface area (Å²) in [6, 6.07) is 3.51. The van der Waals surface area contributed by atoms with Crippen molar-refractivity contribution >= 4 is 17.7 Å². The van der Waals surface area contributed by atoms with Crippen LogP contribution in [0.25, 0.3) is 0 Å². The average Bonchev–Trinajstić information content (AvgIpc) is 2.93. The van der Waals surface area contributed by atoms with Crippen LogP contribution >= 0.6 is 11.8 Å². The van der Waals surface area contributed by atoms with Gasteiger partial charge in [-0.25, -0.2) is 0 Å². The molecule has 124 valence electrons. The molecule has 2 aromatic heterocycles. The molecule has 2 rings (SSSR count). The second-order valence-corrected chi connectivity index (χ2v) is 6.48. The summed E-state index contributed by atoms with van der Waals surface area (Å²) in [5.41, 5.74) is 0.583. The Balaban J connectivity index is 1.84. The number of aromatic nitrogens is 4. The minimum absolute atomic E-state index is 0.0912. The third-order valence-electron chi connectivity index (χ3n) is 3.31. The van der Waals surface area contributed by atoms with Gasteiger partial charge in [-0.3, -0.25) is 9.78 Å². The first-order valence-corrected chi connectivity index (χ1v) is 8.98. The molecule has 0 bridgehead atoms. The summed E-state index contributed by atoms with van der Waals surface area (Å²) in [5.74, 6) is 1.44. The van der Waals surface area contributed by atoms with Crippen molar-refractivity contribution in [1.29, 1.82) is 0 Å². The van der Waals surface area contributed by atoms with Crippen molar-refractivity contribution in [3.8, 4) is 0 Å². The van der Waals surface area contributed by atoms with Crippen LogP contribution in [0, 0.1) is 5.92 Å². The predicted octanol–water partition coefficient (Wildman–Crippen LogP) is 2.41. The highest BCUT2D eigenvalue weighted by molar-refractivity contribution is 7.98. The first-order valence-electron chi connectivity index (χ1n) is 7.76. The fourth-order valence-electron chi connectivity index (χ4n) is 2.25. The number of nitrogens with one attached hydrogen (secondary N) is 1. The Morgan fingerprint density at radius 3 is 2.87 bits per heavy atom. The average molecular weight is 333 g/mol. The standard InChI is InChI=1S/C16H23N5OS/c1-12(2)11-21-14(19-20-16(21)23-3)7-5-9-18-15(22)13-6-4-8-17-10-13/h4,6,8,10,12H,5,7,9,11H2,1-3H3,(H,18,22). The van der Waals surface area contributed by atoms with Crippen molar-refractivity contribution in [3.05, 3.63) is 35.9 Å². The number of hydrogen-bond acceptors (Lipinski definition) is 5. The summed E-state index contributed by atoms with van der Waals surface area (Å²) < 4.78 is 2.18. The fraction of sp³-hybridized carbons (Fsp3) is 0.500. The lowest BCUT2D eigenvalue weighted by molar-refractivity contribution is 0.0953. The van der Waals surface area contributed by atoms with Crippen molar-refractivity contribution in [2.75, 3.05) is 12.8 Å². The maximum absolute atomic E-state index is 11.9. The SMILES string of the molecule is CSc1nnc(CCCNC(=O)c2cccnc2)n1CC(C)C. The fourth-order valence-corrected chi connectivity index (χ4v) is 2.77. The summed E-state index contributed by atoms with van der Waals surface area (Å²) in [7, 11) is 0. The van der Waals surface area contributed by atoms with Gasteiger partial charge in [-0.15, -0.1) is 10.2 Å². The van der Waals surface area contributed by atoms with Crippen molar-refractivity contribution < 1.29 is 4.79 Å². The molecule has 0 saturated heterocycles. The molecule has 0 atom stereocenters. The number of rotatable bonds is 8. The van der Waals surface area contributed by atoms with Crippen molar-refractivity contribution in [3.63, 3.8) is 0 Å². The molecule has 1 amide bonds. The van der Waals surface area contributed by atoms with E-state index in [1.165, 1.54) is 0 Å². The van der Waals surface area contributed by atoms with E-state index < -0.39 is 0 Å². The largest absolute Gasteiger partial charge is 0.352 e. The van der Waals surface area contributed by atoms with E-state index in [0.29, 0.717) is 18.0 Å². The first kappa shape index (κ1) is 17.5. The van der Waals surface area contributed by atoms with Gasteiger partial charge in [-0.2, -0.15) is 0 Å². The molecule has 0 fully saturated rings. The molecule has 2 heterocycles. The minimum Gasteiger partial charge on any atom is -0.352 e. The minimum atomic E-state index is -0.0912. The van der Waals surface area contributed by atoms with E-state index in [1.54, 1.807) is 36.3 Å². The van der Waals surface area contributed by atoms with Crippen LogP contribution in [-0.4, -0.2) is 38.5 Å². The summed E-state index contributed by atoms with van der Waals surface area (Å²) in [5, 5.41) is 12.4. The van der Waals surface area contributed by atoms with Crippen molar-refractivity contribution in [1.82, 2.24) is 25.1 Å². The molecular formula is C16H23N5OS. The Bertz CT molecular complexity index is 627. The molecule has 0 aliphatic rings. The van der Waals surface area contributed by atoms with Crippen LogP contribution < -0.4 is 5.32 Å². The molecular weight excluding hydrogens is 310 g/mol. The number of hydrogen-bond donors (Lipinski definition) is 1. The van der Waals surface area contributed by atoms with Gasteiger partial charge in [0.05, 0.1) is 5.56 Å². The van der Waals surface area contributed by atoms with Crippen LogP contribution in [0.15, 0.2) is 29.7 Å². The van der Waals surface area contributed by atoms with Gasteiger partial charge < -0.3 is 9.88 Å². The zero-order valence-electron chi connectivity index (χ0n) is 13.8. The summed E-state index contributed by atoms with van der Waals surface area (Å²) in [6.45, 7) is 5.89. The topological polar surface area (TPSA) is 72.7 Å². The van der Waals surface area contributed by atoms with Crippen molar-refractivity contribution in [2.45, 2.75) is 38.4 Å². The van der Waals surface area contributed by atoms with Crippen LogP contribution in [0.2, 0.25) is 0 Å². The van der Waals surface area contributed by atoms with Gasteiger partial charge in [0.2, 0.25) is 0 Å². The van der Waals surface area contributed by atoms with E-state index >= 15 is 0 Å². The molecule has 1 N–H and O–H groups in total. The summed E-state index contributed by atoms with van der Waals surface area (Å²) >= 11 is 1.61. The molecule has 0 aliphatic heterocycles. The Morgan fingerprint density at radius 1 is 1.39 bits per heavy atom. The lowest BCUT2D eigenvalue weighted by Gasteiger charge is -2.11. The number of thioether (sulfide) groups is 1. The maximum Gasteiger partial charge on any atom is 0.252 e. The predicted molar refractivity (Wildman–Crippen MR) is 91.5 cm³/mol. The molecule has 0 saturated carbocycles. The van der Waals surface area contributed by atoms with Gasteiger partial charge in [-0.05, 0) is 30.7 Å². The smallest absolute Gasteiger partial charge is 0.252 e. The molecule has 2 aromatic rings. The highest BCUT2D eigenvalue weighted by atomic mass is 32.2. The van der Waals surface area contributed by atoms with Crippen LogP contribution in [0.4, 0.5) is 0 Å². The van der Waals surface area contributed by atoms with Gasteiger partial charge in [0.25, 0.3) is 5.91 Å². The molecule has 0 unspecified atom stereocenters. The molecule has 0 spiro atoms. The highest BCUT2D eigenvalue weighted by Crippen LogP contribution is 2.16. The van der Waals surface area contributed by atoms with Crippen LogP contribution in [0.1, 0.15) is 36.5 Å². The number of carbonyl (C=O) groups excluding carboxylic acids is 1. The monoisotopic (exact) mass is 333 g/mol. The van der Waals surface area contributed by atoms with E-state index in [-0.39, 0.29) is 5.91 Å². The Hall–Kier alpha value is -1.89. The third kappa shape index (κ3) is 5.06.